The smallest absolute Gasteiger partial charge is 0.137 e. The van der Waals surface area contributed by atoms with Crippen LogP contribution in [0.25, 0.3) is 11.4 Å². The van der Waals surface area contributed by atoms with E-state index in [1.54, 1.807) is 6.20 Å². The highest BCUT2D eigenvalue weighted by atomic mass is 16.5. The Kier molecular flexibility index (Phi) is 9.41. The van der Waals surface area contributed by atoms with Crippen LogP contribution >= 0.6 is 0 Å². The van der Waals surface area contributed by atoms with Gasteiger partial charge in [-0.25, -0.2) is 0 Å². The van der Waals surface area contributed by atoms with E-state index < -0.39 is 0 Å². The Morgan fingerprint density at radius 3 is 2.34 bits per heavy atom. The van der Waals surface area contributed by atoms with E-state index in [9.17, 15) is 0 Å². The van der Waals surface area contributed by atoms with Gasteiger partial charge in [0.1, 0.15) is 11.4 Å². The SMILES string of the molecule is CCCCCCCc1ccc(-c2ccc(OCCCCCCC3CC3)cn2)nn1. The number of aromatic nitrogens is 3. The zero-order valence-electron chi connectivity index (χ0n) is 18.1. The van der Waals surface area contributed by atoms with E-state index in [0.717, 1.165) is 48.2 Å². The fourth-order valence-corrected chi connectivity index (χ4v) is 3.64. The minimum atomic E-state index is 0.775. The second-order valence-electron chi connectivity index (χ2n) is 8.45. The summed E-state index contributed by atoms with van der Waals surface area (Å²) < 4.78 is 5.83. The van der Waals surface area contributed by atoms with Crippen LogP contribution in [0.1, 0.15) is 89.7 Å². The number of pyridine rings is 1. The normalized spacial score (nSPS) is 13.6. The molecule has 0 saturated heterocycles. The third kappa shape index (κ3) is 8.51. The Balaban J connectivity index is 1.33. The molecule has 0 N–H and O–H groups in total. The van der Waals surface area contributed by atoms with Crippen LogP contribution in [0.2, 0.25) is 0 Å². The first-order chi connectivity index (χ1) is 14.3. The molecule has 4 heteroatoms. The molecule has 2 aromatic rings. The van der Waals surface area contributed by atoms with E-state index in [0.29, 0.717) is 0 Å². The molecule has 4 nitrogen and oxygen atoms in total. The summed E-state index contributed by atoms with van der Waals surface area (Å²) in [4.78, 5) is 4.50. The lowest BCUT2D eigenvalue weighted by atomic mass is 10.1. The van der Waals surface area contributed by atoms with Gasteiger partial charge in [0.15, 0.2) is 0 Å². The molecule has 0 atom stereocenters. The van der Waals surface area contributed by atoms with E-state index in [2.05, 4.69) is 28.2 Å². The molecule has 0 bridgehead atoms. The largest absolute Gasteiger partial charge is 0.492 e. The first kappa shape index (κ1) is 21.7. The van der Waals surface area contributed by atoms with Crippen LogP contribution in [0.5, 0.6) is 5.75 Å². The summed E-state index contributed by atoms with van der Waals surface area (Å²) in [5.74, 6) is 1.90. The predicted molar refractivity (Wildman–Crippen MR) is 119 cm³/mol. The number of unbranched alkanes of at least 4 members (excludes halogenated alkanes) is 7. The molecule has 0 unspecified atom stereocenters. The lowest BCUT2D eigenvalue weighted by molar-refractivity contribution is 0.303. The summed E-state index contributed by atoms with van der Waals surface area (Å²) >= 11 is 0. The zero-order valence-corrected chi connectivity index (χ0v) is 18.1. The maximum Gasteiger partial charge on any atom is 0.137 e. The van der Waals surface area contributed by atoms with Crippen molar-refractivity contribution in [2.75, 3.05) is 6.61 Å². The molecule has 1 saturated carbocycles. The predicted octanol–water partition coefficient (Wildman–Crippen LogP) is 6.79. The molecule has 3 rings (SSSR count). The van der Waals surface area contributed by atoms with Gasteiger partial charge in [-0.2, -0.15) is 5.10 Å². The van der Waals surface area contributed by atoms with Gasteiger partial charge in [0.2, 0.25) is 0 Å². The van der Waals surface area contributed by atoms with Gasteiger partial charge in [0.25, 0.3) is 0 Å². The lowest BCUT2D eigenvalue weighted by Crippen LogP contribution is -1.99. The number of nitrogens with zero attached hydrogens (tertiary/aromatic N) is 3. The highest BCUT2D eigenvalue weighted by molar-refractivity contribution is 5.53. The van der Waals surface area contributed by atoms with Gasteiger partial charge < -0.3 is 4.74 Å². The van der Waals surface area contributed by atoms with Gasteiger partial charge >= 0.3 is 0 Å². The van der Waals surface area contributed by atoms with Crippen LogP contribution in [0.4, 0.5) is 0 Å². The van der Waals surface area contributed by atoms with Crippen molar-refractivity contribution in [1.82, 2.24) is 15.2 Å². The number of aryl methyl sites for hydroxylation is 1. The summed E-state index contributed by atoms with van der Waals surface area (Å²) in [5.41, 5.74) is 2.74. The van der Waals surface area contributed by atoms with Crippen molar-refractivity contribution < 1.29 is 4.74 Å². The van der Waals surface area contributed by atoms with Gasteiger partial charge in [0, 0.05) is 0 Å². The van der Waals surface area contributed by atoms with E-state index >= 15 is 0 Å². The van der Waals surface area contributed by atoms with Crippen molar-refractivity contribution in [2.24, 2.45) is 5.92 Å². The van der Waals surface area contributed by atoms with Crippen molar-refractivity contribution in [2.45, 2.75) is 90.4 Å². The standard InChI is InChI=1S/C25H37N3O/c1-2-3-4-5-9-12-22-15-17-25(28-27-22)24-18-16-23(20-26-24)29-19-10-7-6-8-11-21-13-14-21/h15-18,20-21H,2-14,19H2,1H3. The molecule has 0 aromatic carbocycles. The monoisotopic (exact) mass is 395 g/mol. The maximum absolute atomic E-state index is 5.83. The Morgan fingerprint density at radius 1 is 0.828 bits per heavy atom. The summed E-state index contributed by atoms with van der Waals surface area (Å²) in [5, 5.41) is 8.73. The highest BCUT2D eigenvalue weighted by Gasteiger charge is 2.19. The lowest BCUT2D eigenvalue weighted by Gasteiger charge is -2.07. The molecule has 29 heavy (non-hydrogen) atoms. The minimum Gasteiger partial charge on any atom is -0.492 e. The third-order valence-corrected chi connectivity index (χ3v) is 5.73. The number of ether oxygens (including phenoxy) is 1. The van der Waals surface area contributed by atoms with E-state index in [4.69, 9.17) is 4.74 Å². The summed E-state index contributed by atoms with van der Waals surface area (Å²) in [6.45, 7) is 3.02. The average Bonchev–Trinajstić information content (AvgIpc) is 3.58. The first-order valence-corrected chi connectivity index (χ1v) is 11.8. The first-order valence-electron chi connectivity index (χ1n) is 11.8. The third-order valence-electron chi connectivity index (χ3n) is 5.73. The van der Waals surface area contributed by atoms with Crippen LogP contribution in [0.3, 0.4) is 0 Å². The number of rotatable bonds is 15. The molecule has 0 spiro atoms. The van der Waals surface area contributed by atoms with Crippen molar-refractivity contribution in [3.63, 3.8) is 0 Å². The van der Waals surface area contributed by atoms with Gasteiger partial charge in [-0.05, 0) is 49.4 Å². The summed E-state index contributed by atoms with van der Waals surface area (Å²) in [6, 6.07) is 8.06. The van der Waals surface area contributed by atoms with E-state index in [-0.39, 0.29) is 0 Å². The second kappa shape index (κ2) is 12.6. The van der Waals surface area contributed by atoms with Crippen molar-refractivity contribution >= 4 is 0 Å². The minimum absolute atomic E-state index is 0.775. The number of hydrogen-bond donors (Lipinski definition) is 0. The molecule has 0 amide bonds. The molecule has 0 aliphatic heterocycles. The Bertz CT molecular complexity index is 680. The quantitative estimate of drug-likeness (QED) is 0.311. The second-order valence-corrected chi connectivity index (χ2v) is 8.45. The highest BCUT2D eigenvalue weighted by Crippen LogP contribution is 2.34. The summed E-state index contributed by atoms with van der Waals surface area (Å²) in [7, 11) is 0. The Labute approximate surface area is 176 Å². The molecule has 2 aromatic heterocycles. The number of hydrogen-bond acceptors (Lipinski definition) is 4. The molecule has 0 radical (unpaired) electrons. The van der Waals surface area contributed by atoms with Crippen LogP contribution < -0.4 is 4.74 Å². The van der Waals surface area contributed by atoms with E-state index in [1.165, 1.54) is 70.6 Å². The van der Waals surface area contributed by atoms with Crippen LogP contribution in [-0.4, -0.2) is 21.8 Å². The topological polar surface area (TPSA) is 47.9 Å². The Hall–Kier alpha value is -1.97. The van der Waals surface area contributed by atoms with Crippen molar-refractivity contribution in [1.29, 1.82) is 0 Å². The van der Waals surface area contributed by atoms with Gasteiger partial charge in [-0.1, -0.05) is 71.1 Å². The zero-order chi connectivity index (χ0) is 20.2. The Morgan fingerprint density at radius 2 is 1.62 bits per heavy atom. The van der Waals surface area contributed by atoms with Crippen molar-refractivity contribution in [3.8, 4) is 17.1 Å². The molecule has 1 aliphatic rings. The van der Waals surface area contributed by atoms with Gasteiger partial charge in [-0.3, -0.25) is 4.98 Å². The summed E-state index contributed by atoms with van der Waals surface area (Å²) in [6.07, 6.45) is 18.7. The molecule has 158 valence electrons. The molecular weight excluding hydrogens is 358 g/mol. The average molecular weight is 396 g/mol. The molecule has 1 aliphatic carbocycles. The van der Waals surface area contributed by atoms with E-state index in [1.807, 2.05) is 18.2 Å². The maximum atomic E-state index is 5.83. The van der Waals surface area contributed by atoms with Crippen molar-refractivity contribution in [3.05, 3.63) is 36.2 Å². The molecule has 1 fully saturated rings. The van der Waals surface area contributed by atoms with Gasteiger partial charge in [0.05, 0.1) is 24.2 Å². The molecular formula is C25H37N3O. The molecule has 2 heterocycles. The van der Waals surface area contributed by atoms with Gasteiger partial charge in [-0.15, -0.1) is 5.10 Å². The van der Waals surface area contributed by atoms with Crippen LogP contribution in [-0.2, 0) is 6.42 Å². The van der Waals surface area contributed by atoms with Crippen LogP contribution in [0, 0.1) is 5.92 Å². The fourth-order valence-electron chi connectivity index (χ4n) is 3.64. The van der Waals surface area contributed by atoms with Crippen LogP contribution in [0.15, 0.2) is 30.5 Å². The fraction of sp³-hybridized carbons (Fsp3) is 0.640.